The summed E-state index contributed by atoms with van der Waals surface area (Å²) in [6, 6.07) is 1.97. The van der Waals surface area contributed by atoms with E-state index in [-0.39, 0.29) is 12.2 Å². The first kappa shape index (κ1) is 10.9. The lowest BCUT2D eigenvalue weighted by atomic mass is 10.3. The summed E-state index contributed by atoms with van der Waals surface area (Å²) in [6.07, 6.45) is 1.50. The molecule has 0 atom stereocenters. The number of nitrogens with one attached hydrogen (secondary N) is 1. The number of hydrogen-bond donors (Lipinski definition) is 1. The van der Waals surface area contributed by atoms with Gasteiger partial charge in [0.05, 0.1) is 5.69 Å². The highest BCUT2D eigenvalue weighted by molar-refractivity contribution is 6.25. The Bertz CT molecular complexity index is 352. The molecule has 14 heavy (non-hydrogen) atoms. The third-order valence-corrected chi connectivity index (χ3v) is 1.71. The van der Waals surface area contributed by atoms with Crippen molar-refractivity contribution >= 4 is 17.3 Å². The van der Waals surface area contributed by atoms with Crippen LogP contribution in [0.4, 0.5) is 18.9 Å². The zero-order valence-electron chi connectivity index (χ0n) is 7.03. The van der Waals surface area contributed by atoms with E-state index in [1.165, 1.54) is 11.6 Å². The molecule has 0 aliphatic carbocycles. The minimum atomic E-state index is -1.48. The maximum Gasteiger partial charge on any atom is 0.196 e. The molecule has 1 N–H and O–H groups in total. The van der Waals surface area contributed by atoms with Gasteiger partial charge < -0.3 is 5.32 Å². The first-order valence-corrected chi connectivity index (χ1v) is 4.23. The molecule has 1 aromatic carbocycles. The summed E-state index contributed by atoms with van der Waals surface area (Å²) in [7, 11) is 0. The molecule has 0 saturated carbocycles. The van der Waals surface area contributed by atoms with E-state index >= 15 is 0 Å². The van der Waals surface area contributed by atoms with Crippen molar-refractivity contribution in [2.45, 2.75) is 0 Å². The van der Waals surface area contributed by atoms with E-state index in [0.29, 0.717) is 0 Å². The first-order valence-electron chi connectivity index (χ1n) is 3.79. The number of halogens is 4. The lowest BCUT2D eigenvalue weighted by Crippen LogP contribution is -2.03. The van der Waals surface area contributed by atoms with Gasteiger partial charge in [0.25, 0.3) is 0 Å². The minimum Gasteiger partial charge on any atom is -0.379 e. The fourth-order valence-corrected chi connectivity index (χ4v) is 0.965. The Hall–Kier alpha value is -1.16. The summed E-state index contributed by atoms with van der Waals surface area (Å²) in [4.78, 5) is 0. The summed E-state index contributed by atoms with van der Waals surface area (Å²) >= 11 is 5.22. The first-order chi connectivity index (χ1) is 6.66. The quantitative estimate of drug-likeness (QED) is 0.773. The van der Waals surface area contributed by atoms with E-state index in [4.69, 9.17) is 11.6 Å². The van der Waals surface area contributed by atoms with Gasteiger partial charge >= 0.3 is 0 Å². The SMILES string of the molecule is Fc1ccc(NC/C=C/Cl)c(F)c1F. The van der Waals surface area contributed by atoms with Crippen LogP contribution in [0.1, 0.15) is 0 Å². The number of benzene rings is 1. The van der Waals surface area contributed by atoms with E-state index in [1.807, 2.05) is 0 Å². The number of anilines is 1. The molecule has 1 rings (SSSR count). The number of hydrogen-bond acceptors (Lipinski definition) is 1. The largest absolute Gasteiger partial charge is 0.379 e. The number of rotatable bonds is 3. The van der Waals surface area contributed by atoms with Crippen LogP contribution in [0.3, 0.4) is 0 Å². The molecule has 0 aliphatic rings. The van der Waals surface area contributed by atoms with Crippen molar-refractivity contribution in [1.29, 1.82) is 0 Å². The summed E-state index contributed by atoms with van der Waals surface area (Å²) in [6.45, 7) is 0.242. The predicted octanol–water partition coefficient (Wildman–Crippen LogP) is 3.27. The van der Waals surface area contributed by atoms with Crippen molar-refractivity contribution in [3.63, 3.8) is 0 Å². The van der Waals surface area contributed by atoms with Crippen LogP contribution in [0.2, 0.25) is 0 Å². The molecule has 0 aliphatic heterocycles. The van der Waals surface area contributed by atoms with Crippen molar-refractivity contribution in [3.05, 3.63) is 41.2 Å². The fourth-order valence-electron chi connectivity index (χ4n) is 0.876. The van der Waals surface area contributed by atoms with E-state index in [2.05, 4.69) is 5.32 Å². The Labute approximate surface area is 84.2 Å². The molecular weight excluding hydrogens is 215 g/mol. The van der Waals surface area contributed by atoms with Gasteiger partial charge in [-0.3, -0.25) is 0 Å². The highest BCUT2D eigenvalue weighted by atomic mass is 35.5. The lowest BCUT2D eigenvalue weighted by Gasteiger charge is -2.05. The minimum absolute atomic E-state index is 0.0985. The predicted molar refractivity (Wildman–Crippen MR) is 49.8 cm³/mol. The van der Waals surface area contributed by atoms with Gasteiger partial charge in [0.2, 0.25) is 0 Å². The molecule has 0 fully saturated rings. The molecule has 5 heteroatoms. The summed E-state index contributed by atoms with van der Waals surface area (Å²) in [5.74, 6) is -3.92. The maximum absolute atomic E-state index is 13.0. The van der Waals surface area contributed by atoms with Crippen LogP contribution in [0.25, 0.3) is 0 Å². The van der Waals surface area contributed by atoms with Crippen molar-refractivity contribution in [3.8, 4) is 0 Å². The second-order valence-electron chi connectivity index (χ2n) is 2.47. The fraction of sp³-hybridized carbons (Fsp3) is 0.111. The van der Waals surface area contributed by atoms with Crippen LogP contribution in [0.5, 0.6) is 0 Å². The van der Waals surface area contributed by atoms with Crippen molar-refractivity contribution < 1.29 is 13.2 Å². The normalized spacial score (nSPS) is 10.9. The zero-order valence-corrected chi connectivity index (χ0v) is 7.78. The molecule has 0 bridgehead atoms. The molecule has 0 aromatic heterocycles. The molecule has 0 heterocycles. The molecule has 0 saturated heterocycles. The second-order valence-corrected chi connectivity index (χ2v) is 2.72. The Morgan fingerprint density at radius 3 is 2.57 bits per heavy atom. The Morgan fingerprint density at radius 2 is 1.93 bits per heavy atom. The van der Waals surface area contributed by atoms with E-state index in [1.54, 1.807) is 0 Å². The van der Waals surface area contributed by atoms with Gasteiger partial charge in [-0.2, -0.15) is 0 Å². The molecule has 0 amide bonds. The zero-order chi connectivity index (χ0) is 10.6. The Kier molecular flexibility index (Phi) is 3.83. The lowest BCUT2D eigenvalue weighted by molar-refractivity contribution is 0.449. The molecule has 1 aromatic rings. The van der Waals surface area contributed by atoms with Crippen molar-refractivity contribution in [1.82, 2.24) is 0 Å². The third-order valence-electron chi connectivity index (χ3n) is 1.53. The van der Waals surface area contributed by atoms with E-state index in [9.17, 15) is 13.2 Å². The van der Waals surface area contributed by atoms with Crippen LogP contribution in [-0.4, -0.2) is 6.54 Å². The summed E-state index contributed by atoms with van der Waals surface area (Å²) in [5, 5.41) is 2.53. The van der Waals surface area contributed by atoms with Gasteiger partial charge in [-0.15, -0.1) is 0 Å². The van der Waals surface area contributed by atoms with Crippen LogP contribution in [0.15, 0.2) is 23.7 Å². The van der Waals surface area contributed by atoms with Gasteiger partial charge in [0.15, 0.2) is 17.5 Å². The molecular formula is C9H7ClF3N. The van der Waals surface area contributed by atoms with Gasteiger partial charge in [0.1, 0.15) is 0 Å². The highest BCUT2D eigenvalue weighted by Crippen LogP contribution is 2.19. The average Bonchev–Trinajstić information content (AvgIpc) is 2.18. The van der Waals surface area contributed by atoms with E-state index < -0.39 is 17.5 Å². The van der Waals surface area contributed by atoms with E-state index in [0.717, 1.165) is 12.1 Å². The highest BCUT2D eigenvalue weighted by Gasteiger charge is 2.12. The molecule has 0 unspecified atom stereocenters. The van der Waals surface area contributed by atoms with Crippen LogP contribution in [-0.2, 0) is 0 Å². The topological polar surface area (TPSA) is 12.0 Å². The molecule has 0 spiro atoms. The Morgan fingerprint density at radius 1 is 1.21 bits per heavy atom. The maximum atomic E-state index is 13.0. The average molecular weight is 222 g/mol. The van der Waals surface area contributed by atoms with Crippen molar-refractivity contribution in [2.75, 3.05) is 11.9 Å². The third kappa shape index (κ3) is 2.42. The molecule has 76 valence electrons. The van der Waals surface area contributed by atoms with Gasteiger partial charge in [0, 0.05) is 12.1 Å². The smallest absolute Gasteiger partial charge is 0.196 e. The van der Waals surface area contributed by atoms with Gasteiger partial charge in [-0.25, -0.2) is 13.2 Å². The van der Waals surface area contributed by atoms with Gasteiger partial charge in [-0.05, 0) is 12.1 Å². The molecule has 0 radical (unpaired) electrons. The van der Waals surface area contributed by atoms with Crippen LogP contribution < -0.4 is 5.32 Å². The van der Waals surface area contributed by atoms with Gasteiger partial charge in [-0.1, -0.05) is 17.7 Å². The van der Waals surface area contributed by atoms with Crippen LogP contribution in [0, 0.1) is 17.5 Å². The van der Waals surface area contributed by atoms with Crippen LogP contribution >= 0.6 is 11.6 Å². The molecule has 1 nitrogen and oxygen atoms in total. The van der Waals surface area contributed by atoms with Crippen molar-refractivity contribution in [2.24, 2.45) is 0 Å². The monoisotopic (exact) mass is 221 g/mol. The Balaban J connectivity index is 2.83. The standard InChI is InChI=1S/C9H7ClF3N/c10-4-1-5-14-7-3-2-6(11)8(12)9(7)13/h1-4,14H,5H2/b4-1+. The summed E-state index contributed by atoms with van der Waals surface area (Å²) in [5.41, 5.74) is 1.14. The second kappa shape index (κ2) is 4.91. The summed E-state index contributed by atoms with van der Waals surface area (Å²) < 4.78 is 38.1.